The van der Waals surface area contributed by atoms with E-state index in [4.69, 9.17) is 0 Å². The SMILES string of the molecule is Brc1ccc2[nH]c3c(c2c1)c1ccccc1c1c2ccccc2c2ccccc2c31.C.O=[N+]([O-])c1ccc(Br)cc1-c1cc2c3ccccc3c3ccccc3c2c2ccccc12.c1ccc(P(c2ccccc2)c2ccccc2)cc1. The van der Waals surface area contributed by atoms with Gasteiger partial charge in [0.2, 0.25) is 0 Å². The van der Waals surface area contributed by atoms with Crippen molar-refractivity contribution in [3.63, 3.8) is 0 Å². The lowest BCUT2D eigenvalue weighted by Gasteiger charge is -2.18. The first-order chi connectivity index (χ1) is 39.9. The largest absolute Gasteiger partial charge is 0.354 e. The molecule has 1 aromatic heterocycles. The van der Waals surface area contributed by atoms with Crippen molar-refractivity contribution in [2.24, 2.45) is 0 Å². The van der Waals surface area contributed by atoms with Crippen molar-refractivity contribution in [2.45, 2.75) is 7.43 Å². The fourth-order valence-corrected chi connectivity index (χ4v) is 15.3. The van der Waals surface area contributed by atoms with Gasteiger partial charge in [0.05, 0.1) is 16.0 Å². The molecular weight excluding hydrogens is 1150 g/mol. The van der Waals surface area contributed by atoms with E-state index >= 15 is 0 Å². The lowest BCUT2D eigenvalue weighted by Crippen LogP contribution is -2.20. The Kier molecular flexibility index (Phi) is 14.1. The van der Waals surface area contributed by atoms with Crippen LogP contribution in [0.2, 0.25) is 0 Å². The first-order valence-corrected chi connectivity index (χ1v) is 29.8. The lowest BCUT2D eigenvalue weighted by molar-refractivity contribution is -0.384. The number of nitro benzene ring substituents is 1. The van der Waals surface area contributed by atoms with Gasteiger partial charge < -0.3 is 4.98 Å². The van der Waals surface area contributed by atoms with Gasteiger partial charge in [-0.05, 0) is 141 Å². The van der Waals surface area contributed by atoms with Gasteiger partial charge >= 0.3 is 0 Å². The van der Waals surface area contributed by atoms with E-state index < -0.39 is 7.92 Å². The molecule has 1 heterocycles. The first kappa shape index (κ1) is 52.3. The number of fused-ring (bicyclic) bond motifs is 21. The summed E-state index contributed by atoms with van der Waals surface area (Å²) in [5.74, 6) is 0. The number of nitro groups is 1. The van der Waals surface area contributed by atoms with Crippen LogP contribution in [0.4, 0.5) is 5.69 Å². The minimum Gasteiger partial charge on any atom is -0.354 e. The predicted molar refractivity (Wildman–Crippen MR) is 362 cm³/mol. The molecule has 0 fully saturated rings. The number of aromatic amines is 1. The molecule has 7 heteroatoms. The topological polar surface area (TPSA) is 58.9 Å². The summed E-state index contributed by atoms with van der Waals surface area (Å²) in [7, 11) is -0.446. The summed E-state index contributed by atoms with van der Waals surface area (Å²) < 4.78 is 1.91. The van der Waals surface area contributed by atoms with Crippen molar-refractivity contribution in [2.75, 3.05) is 0 Å². The van der Waals surface area contributed by atoms with Crippen LogP contribution in [-0.2, 0) is 0 Å². The van der Waals surface area contributed by atoms with Gasteiger partial charge in [-0.25, -0.2) is 0 Å². The predicted octanol–water partition coefficient (Wildman–Crippen LogP) is 21.4. The van der Waals surface area contributed by atoms with E-state index in [2.05, 4.69) is 279 Å². The van der Waals surface area contributed by atoms with Crippen molar-refractivity contribution < 1.29 is 4.92 Å². The van der Waals surface area contributed by atoms with E-state index in [-0.39, 0.29) is 18.0 Å². The van der Waals surface area contributed by atoms with Crippen molar-refractivity contribution in [1.82, 2.24) is 4.98 Å². The Labute approximate surface area is 492 Å². The van der Waals surface area contributed by atoms with Gasteiger partial charge in [0.25, 0.3) is 5.69 Å². The van der Waals surface area contributed by atoms with Gasteiger partial charge in [-0.3, -0.25) is 10.1 Å². The number of hydrogen-bond donors (Lipinski definition) is 1. The van der Waals surface area contributed by atoms with Crippen molar-refractivity contribution in [1.29, 1.82) is 0 Å². The van der Waals surface area contributed by atoms with E-state index in [0.29, 0.717) is 5.56 Å². The summed E-state index contributed by atoms with van der Waals surface area (Å²) in [6, 6.07) is 97.6. The number of halogens is 2. The van der Waals surface area contributed by atoms with E-state index in [1.165, 1.54) is 102 Å². The summed E-state index contributed by atoms with van der Waals surface area (Å²) in [4.78, 5) is 15.4. The maximum absolute atomic E-state index is 11.9. The first-order valence-electron chi connectivity index (χ1n) is 26.9. The highest BCUT2D eigenvalue weighted by Crippen LogP contribution is 2.47. The number of nitrogens with one attached hydrogen (secondary N) is 1. The van der Waals surface area contributed by atoms with Crippen LogP contribution in [-0.4, -0.2) is 9.91 Å². The zero-order chi connectivity index (χ0) is 54.6. The Balaban J connectivity index is 0.000000119. The summed E-state index contributed by atoms with van der Waals surface area (Å²) in [5.41, 5.74) is 3.96. The Morgan fingerprint density at radius 1 is 0.317 bits per heavy atom. The molecule has 0 aliphatic carbocycles. The number of benzene rings is 15. The van der Waals surface area contributed by atoms with Gasteiger partial charge in [-0.1, -0.05) is 276 Å². The fourth-order valence-electron chi connectivity index (χ4n) is 12.3. The van der Waals surface area contributed by atoms with Crippen LogP contribution in [0.1, 0.15) is 7.43 Å². The summed E-state index contributed by atoms with van der Waals surface area (Å²) >= 11 is 7.18. The summed E-state index contributed by atoms with van der Waals surface area (Å²) in [6.45, 7) is 0. The van der Waals surface area contributed by atoms with Crippen LogP contribution < -0.4 is 15.9 Å². The molecule has 0 radical (unpaired) electrons. The molecule has 4 nitrogen and oxygen atoms in total. The molecule has 0 aliphatic heterocycles. The van der Waals surface area contributed by atoms with Crippen molar-refractivity contribution in [3.05, 3.63) is 298 Å². The molecule has 0 saturated carbocycles. The van der Waals surface area contributed by atoms with Crippen LogP contribution in [0.5, 0.6) is 0 Å². The number of nitrogens with zero attached hydrogens (tertiary/aromatic N) is 1. The minimum absolute atomic E-state index is 0. The third kappa shape index (κ3) is 9.14. The number of H-pyrrole nitrogens is 1. The average Bonchev–Trinajstić information content (AvgIpc) is 2.26. The molecule has 15 aromatic carbocycles. The Hall–Kier alpha value is -9.03. The normalized spacial score (nSPS) is 11.4. The van der Waals surface area contributed by atoms with Crippen LogP contribution in [0.3, 0.4) is 0 Å². The fraction of sp³-hybridized carbons (Fsp3) is 0.0133. The number of rotatable bonds is 5. The highest BCUT2D eigenvalue weighted by molar-refractivity contribution is 9.10. The second kappa shape index (κ2) is 22.1. The zero-order valence-electron chi connectivity index (χ0n) is 43.5. The third-order valence-corrected chi connectivity index (χ3v) is 19.1. The molecule has 0 spiro atoms. The smallest absolute Gasteiger partial charge is 0.277 e. The monoisotopic (exact) mass is 1200 g/mol. The maximum Gasteiger partial charge on any atom is 0.277 e. The molecule has 1 N–H and O–H groups in total. The number of hydrogen-bond acceptors (Lipinski definition) is 2. The van der Waals surface area contributed by atoms with Gasteiger partial charge in [0.15, 0.2) is 0 Å². The zero-order valence-corrected chi connectivity index (χ0v) is 47.6. The molecule has 0 saturated heterocycles. The summed E-state index contributed by atoms with van der Waals surface area (Å²) in [6.07, 6.45) is 0. The van der Waals surface area contributed by atoms with E-state index in [0.717, 1.165) is 36.1 Å². The quantitative estimate of drug-likeness (QED) is 0.0808. The van der Waals surface area contributed by atoms with E-state index in [1.54, 1.807) is 12.1 Å². The molecule has 0 amide bonds. The van der Waals surface area contributed by atoms with Gasteiger partial charge in [-0.15, -0.1) is 0 Å². The molecule has 16 aromatic rings. The minimum atomic E-state index is -0.446. The van der Waals surface area contributed by atoms with Crippen LogP contribution in [0, 0.1) is 10.1 Å². The molecule has 16 rings (SSSR count). The van der Waals surface area contributed by atoms with Crippen LogP contribution in [0.25, 0.3) is 119 Å². The average molecular weight is 1200 g/mol. The Bertz CT molecular complexity index is 5030. The maximum atomic E-state index is 11.9. The summed E-state index contributed by atoms with van der Waals surface area (Å²) in [5, 5.41) is 38.2. The molecule has 82 heavy (non-hydrogen) atoms. The van der Waals surface area contributed by atoms with Crippen molar-refractivity contribution >= 4 is 169 Å². The van der Waals surface area contributed by atoms with Gasteiger partial charge in [0, 0.05) is 42.1 Å². The van der Waals surface area contributed by atoms with Crippen molar-refractivity contribution in [3.8, 4) is 11.1 Å². The second-order valence-corrected chi connectivity index (χ2v) is 24.2. The lowest BCUT2D eigenvalue weighted by atomic mass is 9.87. The molecule has 392 valence electrons. The Morgan fingerprint density at radius 2 is 0.671 bits per heavy atom. The standard InChI is InChI=1S/C28H16BrNO2.C28H16BrN.C18H15P.CH4/c29-17-13-14-27(30(31)32)25(15-17)24-16-26-20-9-2-1-7-18(20)19-8-3-5-11-22(19)28(26)23-12-6-4-10-21(23)24;29-16-13-14-24-23(15-16)26-22-12-6-5-11-21(22)25-19-9-3-1-7-17(19)18-8-2-4-10-20(18)27(25)28(26)30-24;1-4-10-16(11-5-1)19(17-12-6-2-7-13-17)18-14-8-3-9-15-18;/h1-16H;1-15,30H;1-15H;1H4. The molecule has 0 bridgehead atoms. The molecular formula is C75H51Br2N2O2P. The van der Waals surface area contributed by atoms with E-state index in [9.17, 15) is 10.1 Å². The van der Waals surface area contributed by atoms with Crippen LogP contribution >= 0.6 is 39.8 Å². The van der Waals surface area contributed by atoms with E-state index in [1.807, 2.05) is 24.3 Å². The van der Waals surface area contributed by atoms with Gasteiger partial charge in [0.1, 0.15) is 0 Å². The Morgan fingerprint density at radius 3 is 1.16 bits per heavy atom. The van der Waals surface area contributed by atoms with Gasteiger partial charge in [-0.2, -0.15) is 0 Å². The third-order valence-electron chi connectivity index (χ3n) is 15.6. The molecule has 0 aliphatic rings. The molecule has 0 unspecified atom stereocenters. The number of aromatic nitrogens is 1. The second-order valence-electron chi connectivity index (χ2n) is 20.2. The highest BCUT2D eigenvalue weighted by atomic mass is 79.9. The molecule has 0 atom stereocenters. The van der Waals surface area contributed by atoms with Crippen LogP contribution in [0.15, 0.2) is 288 Å². The highest BCUT2D eigenvalue weighted by Gasteiger charge is 2.22.